The van der Waals surface area contributed by atoms with Crippen LogP contribution in [0.4, 0.5) is 0 Å². The molecule has 2 aliphatic carbocycles. The van der Waals surface area contributed by atoms with Gasteiger partial charge in [-0.2, -0.15) is 17.4 Å². The first-order chi connectivity index (χ1) is 7.63. The lowest BCUT2D eigenvalue weighted by Crippen LogP contribution is -2.48. The Kier molecular flexibility index (Phi) is 3.84. The van der Waals surface area contributed by atoms with Crippen molar-refractivity contribution in [2.75, 3.05) is 13.1 Å². The molecule has 0 unspecified atom stereocenters. The largest absolute Gasteiger partial charge is 0.329 e. The SMILES string of the molecule is NCCN(C1CCCC1)S(=O)(=O)NC1CC1. The molecule has 94 valence electrons. The molecule has 2 aliphatic rings. The first-order valence-corrected chi connectivity index (χ1v) is 7.56. The van der Waals surface area contributed by atoms with Gasteiger partial charge in [-0.3, -0.25) is 0 Å². The fourth-order valence-corrected chi connectivity index (χ4v) is 4.04. The summed E-state index contributed by atoms with van der Waals surface area (Å²) in [6.07, 6.45) is 6.16. The maximum atomic E-state index is 12.1. The highest BCUT2D eigenvalue weighted by Gasteiger charge is 2.35. The van der Waals surface area contributed by atoms with Crippen LogP contribution in [-0.2, 0) is 10.2 Å². The number of rotatable bonds is 6. The molecule has 0 heterocycles. The van der Waals surface area contributed by atoms with Crippen molar-refractivity contribution >= 4 is 10.2 Å². The van der Waals surface area contributed by atoms with Crippen LogP contribution in [0.15, 0.2) is 0 Å². The minimum absolute atomic E-state index is 0.166. The maximum Gasteiger partial charge on any atom is 0.279 e. The number of nitrogens with one attached hydrogen (secondary N) is 1. The molecule has 0 bridgehead atoms. The fourth-order valence-electron chi connectivity index (χ4n) is 2.30. The molecule has 2 rings (SSSR count). The van der Waals surface area contributed by atoms with Gasteiger partial charge in [0.1, 0.15) is 0 Å². The zero-order chi connectivity index (χ0) is 11.6. The average molecular weight is 247 g/mol. The molecule has 2 fully saturated rings. The second-order valence-electron chi connectivity index (χ2n) is 4.73. The van der Waals surface area contributed by atoms with Crippen LogP contribution in [0.3, 0.4) is 0 Å². The van der Waals surface area contributed by atoms with Crippen LogP contribution in [0, 0.1) is 0 Å². The van der Waals surface area contributed by atoms with Crippen molar-refractivity contribution in [2.24, 2.45) is 5.73 Å². The third-order valence-electron chi connectivity index (χ3n) is 3.28. The van der Waals surface area contributed by atoms with Gasteiger partial charge >= 0.3 is 0 Å². The topological polar surface area (TPSA) is 75.4 Å². The summed E-state index contributed by atoms with van der Waals surface area (Å²) in [5, 5.41) is 0. The van der Waals surface area contributed by atoms with E-state index in [1.807, 2.05) is 0 Å². The molecule has 0 aromatic heterocycles. The molecular weight excluding hydrogens is 226 g/mol. The van der Waals surface area contributed by atoms with Gasteiger partial charge in [0.25, 0.3) is 10.2 Å². The van der Waals surface area contributed by atoms with E-state index in [0.29, 0.717) is 13.1 Å². The zero-order valence-corrected chi connectivity index (χ0v) is 10.4. The van der Waals surface area contributed by atoms with Crippen molar-refractivity contribution in [2.45, 2.75) is 50.6 Å². The third kappa shape index (κ3) is 2.94. The molecule has 0 atom stereocenters. The molecule has 0 saturated heterocycles. The van der Waals surface area contributed by atoms with Gasteiger partial charge in [0.05, 0.1) is 0 Å². The van der Waals surface area contributed by atoms with E-state index >= 15 is 0 Å². The van der Waals surface area contributed by atoms with Crippen molar-refractivity contribution in [3.8, 4) is 0 Å². The van der Waals surface area contributed by atoms with Gasteiger partial charge in [0.15, 0.2) is 0 Å². The molecule has 0 aliphatic heterocycles. The van der Waals surface area contributed by atoms with Crippen LogP contribution in [0.1, 0.15) is 38.5 Å². The highest BCUT2D eigenvalue weighted by atomic mass is 32.2. The summed E-state index contributed by atoms with van der Waals surface area (Å²) in [7, 11) is -3.30. The van der Waals surface area contributed by atoms with Gasteiger partial charge in [0, 0.05) is 25.2 Å². The van der Waals surface area contributed by atoms with Gasteiger partial charge in [-0.25, -0.2) is 0 Å². The van der Waals surface area contributed by atoms with E-state index < -0.39 is 10.2 Å². The van der Waals surface area contributed by atoms with Crippen LogP contribution in [0.25, 0.3) is 0 Å². The molecule has 0 amide bonds. The Hall–Kier alpha value is -0.170. The van der Waals surface area contributed by atoms with E-state index in [9.17, 15) is 8.42 Å². The highest BCUT2D eigenvalue weighted by Crippen LogP contribution is 2.27. The van der Waals surface area contributed by atoms with E-state index in [1.165, 1.54) is 0 Å². The van der Waals surface area contributed by atoms with Crippen LogP contribution < -0.4 is 10.5 Å². The summed E-state index contributed by atoms with van der Waals surface area (Å²) < 4.78 is 28.6. The number of hydrogen-bond donors (Lipinski definition) is 2. The smallest absolute Gasteiger partial charge is 0.279 e. The molecular formula is C10H21N3O2S. The van der Waals surface area contributed by atoms with Crippen molar-refractivity contribution < 1.29 is 8.42 Å². The van der Waals surface area contributed by atoms with Crippen molar-refractivity contribution in [3.63, 3.8) is 0 Å². The van der Waals surface area contributed by atoms with Crippen LogP contribution in [0.2, 0.25) is 0 Å². The maximum absolute atomic E-state index is 12.1. The Balaban J connectivity index is 2.03. The molecule has 6 heteroatoms. The van der Waals surface area contributed by atoms with Crippen LogP contribution in [0.5, 0.6) is 0 Å². The monoisotopic (exact) mass is 247 g/mol. The predicted molar refractivity (Wildman–Crippen MR) is 63.1 cm³/mol. The van der Waals surface area contributed by atoms with E-state index in [1.54, 1.807) is 4.31 Å². The van der Waals surface area contributed by atoms with E-state index in [4.69, 9.17) is 5.73 Å². The number of hydrogen-bond acceptors (Lipinski definition) is 3. The van der Waals surface area contributed by atoms with Gasteiger partial charge in [0.2, 0.25) is 0 Å². The summed E-state index contributed by atoms with van der Waals surface area (Å²) >= 11 is 0. The number of nitrogens with two attached hydrogens (primary N) is 1. The molecule has 16 heavy (non-hydrogen) atoms. The summed E-state index contributed by atoms with van der Waals surface area (Å²) in [6.45, 7) is 0.828. The quantitative estimate of drug-likeness (QED) is 0.703. The molecule has 0 aromatic rings. The first kappa shape index (κ1) is 12.3. The van der Waals surface area contributed by atoms with E-state index in [2.05, 4.69) is 4.72 Å². The molecule has 3 N–H and O–H groups in total. The Morgan fingerprint density at radius 1 is 1.19 bits per heavy atom. The van der Waals surface area contributed by atoms with Crippen molar-refractivity contribution in [1.82, 2.24) is 9.03 Å². The molecule has 0 aromatic carbocycles. The van der Waals surface area contributed by atoms with Crippen LogP contribution >= 0.6 is 0 Å². The van der Waals surface area contributed by atoms with Gasteiger partial charge < -0.3 is 5.73 Å². The minimum atomic E-state index is -3.30. The molecule has 0 radical (unpaired) electrons. The standard InChI is InChI=1S/C10H21N3O2S/c11-7-8-13(10-3-1-2-4-10)16(14,15)12-9-5-6-9/h9-10,12H,1-8,11H2. The van der Waals surface area contributed by atoms with E-state index in [-0.39, 0.29) is 12.1 Å². The third-order valence-corrected chi connectivity index (χ3v) is 5.01. The lowest BCUT2D eigenvalue weighted by atomic mass is 10.2. The summed E-state index contributed by atoms with van der Waals surface area (Å²) in [5.74, 6) is 0. The number of nitrogens with zero attached hydrogens (tertiary/aromatic N) is 1. The second kappa shape index (κ2) is 5.00. The Labute approximate surface area is 97.6 Å². The highest BCUT2D eigenvalue weighted by molar-refractivity contribution is 7.87. The van der Waals surface area contributed by atoms with Crippen molar-refractivity contribution in [1.29, 1.82) is 0 Å². The Morgan fingerprint density at radius 3 is 2.31 bits per heavy atom. The van der Waals surface area contributed by atoms with Gasteiger partial charge in [-0.05, 0) is 25.7 Å². The lowest BCUT2D eigenvalue weighted by molar-refractivity contribution is 0.323. The fraction of sp³-hybridized carbons (Fsp3) is 1.00. The van der Waals surface area contributed by atoms with Gasteiger partial charge in [-0.15, -0.1) is 0 Å². The summed E-state index contributed by atoms with van der Waals surface area (Å²) in [6, 6.07) is 0.339. The first-order valence-electron chi connectivity index (χ1n) is 6.12. The second-order valence-corrected chi connectivity index (χ2v) is 6.39. The zero-order valence-electron chi connectivity index (χ0n) is 9.56. The minimum Gasteiger partial charge on any atom is -0.329 e. The van der Waals surface area contributed by atoms with E-state index in [0.717, 1.165) is 38.5 Å². The van der Waals surface area contributed by atoms with Crippen LogP contribution in [-0.4, -0.2) is 37.9 Å². The van der Waals surface area contributed by atoms with Gasteiger partial charge in [-0.1, -0.05) is 12.8 Å². The average Bonchev–Trinajstić information content (AvgIpc) is 2.86. The van der Waals surface area contributed by atoms with Crippen molar-refractivity contribution in [3.05, 3.63) is 0 Å². The Morgan fingerprint density at radius 2 is 1.81 bits per heavy atom. The molecule has 2 saturated carbocycles. The summed E-state index contributed by atoms with van der Waals surface area (Å²) in [4.78, 5) is 0. The normalized spacial score (nSPS) is 23.1. The summed E-state index contributed by atoms with van der Waals surface area (Å²) in [5.41, 5.74) is 5.51. The predicted octanol–water partition coefficient (Wildman–Crippen LogP) is 0.186. The molecule has 5 nitrogen and oxygen atoms in total. The lowest BCUT2D eigenvalue weighted by Gasteiger charge is -2.27. The Bertz CT molecular complexity index is 321. The molecule has 0 spiro atoms.